The van der Waals surface area contributed by atoms with Gasteiger partial charge in [-0.25, -0.2) is 0 Å². The van der Waals surface area contributed by atoms with Crippen molar-refractivity contribution in [3.63, 3.8) is 0 Å². The molecule has 15 rings (SSSR count). The first-order valence-electron chi connectivity index (χ1n) is 28.3. The quantitative estimate of drug-likeness (QED) is 0.151. The van der Waals surface area contributed by atoms with Gasteiger partial charge in [0.2, 0.25) is 0 Å². The number of benzene rings is 11. The Kier molecular flexibility index (Phi) is 10.5. The summed E-state index contributed by atoms with van der Waals surface area (Å²) in [6, 6.07) is 86.3. The molecule has 0 saturated heterocycles. The minimum Gasteiger partial charge on any atom is -0.309 e. The molecule has 0 amide bonds. The van der Waals surface area contributed by atoms with E-state index in [1.165, 1.54) is 121 Å². The third kappa shape index (κ3) is 7.07. The summed E-state index contributed by atoms with van der Waals surface area (Å²) in [7, 11) is 0. The Labute approximate surface area is 467 Å². The molecule has 0 aliphatic heterocycles. The molecule has 0 bridgehead atoms. The van der Waals surface area contributed by atoms with Crippen molar-refractivity contribution in [2.24, 2.45) is 0 Å². The number of nitrogens with zero attached hydrogens (tertiary/aromatic N) is 4. The van der Waals surface area contributed by atoms with E-state index in [1.807, 2.05) is 0 Å². The Bertz CT molecular complexity index is 4610. The van der Waals surface area contributed by atoms with Crippen LogP contribution in [0.15, 0.2) is 231 Å². The van der Waals surface area contributed by atoms with Gasteiger partial charge >= 0.3 is 0 Å². The Morgan fingerprint density at radius 3 is 1.09 bits per heavy atom. The molecule has 0 atom stereocenters. The number of fused-ring (bicyclic) bond motifs is 12. The van der Waals surface area contributed by atoms with E-state index in [4.69, 9.17) is 0 Å². The molecule has 4 nitrogen and oxygen atoms in total. The van der Waals surface area contributed by atoms with Crippen molar-refractivity contribution < 1.29 is 0 Å². The van der Waals surface area contributed by atoms with E-state index in [2.05, 4.69) is 305 Å². The van der Waals surface area contributed by atoms with Crippen molar-refractivity contribution >= 4 is 110 Å². The second kappa shape index (κ2) is 17.6. The average Bonchev–Trinajstić information content (AvgIpc) is 4.07. The summed E-state index contributed by atoms with van der Waals surface area (Å²) in [5.41, 5.74) is 23.9. The van der Waals surface area contributed by atoms with Gasteiger partial charge in [0.25, 0.3) is 0 Å². The summed E-state index contributed by atoms with van der Waals surface area (Å²) >= 11 is 0. The number of hydrogen-bond donors (Lipinski definition) is 0. The second-order valence-corrected chi connectivity index (χ2v) is 24.3. The highest BCUT2D eigenvalue weighted by atomic mass is 15.2. The van der Waals surface area contributed by atoms with E-state index >= 15 is 0 Å². The van der Waals surface area contributed by atoms with E-state index in [0.717, 1.165) is 34.1 Å². The van der Waals surface area contributed by atoms with Crippen molar-refractivity contribution in [2.45, 2.75) is 66.2 Å². The number of aryl methyl sites for hydroxylation is 2. The molecule has 0 aliphatic rings. The molecule has 4 heterocycles. The smallest absolute Gasteiger partial charge is 0.0641 e. The van der Waals surface area contributed by atoms with Gasteiger partial charge in [0.05, 0.1) is 55.8 Å². The van der Waals surface area contributed by atoms with Crippen LogP contribution in [0.4, 0.5) is 34.1 Å². The maximum atomic E-state index is 2.65. The minimum atomic E-state index is -0.145. The SMILES string of the molecule is Cc1cccc(N(c2ccccc2-c2ccccc2)c2ccc3c4cc5c(cc4n4c6c(C(C)(C)C)cccc6c2c34)c2ccc(N(c3cccc(C)c3)c3ccccc3-c3ccccc3)c3c4cccc(C(C)(C)C)c4n5c23)c1. The fraction of sp³-hybridized carbons (Fsp3) is 0.132. The summed E-state index contributed by atoms with van der Waals surface area (Å²) in [5, 5.41) is 10.0. The largest absolute Gasteiger partial charge is 0.309 e. The lowest BCUT2D eigenvalue weighted by Gasteiger charge is -2.29. The van der Waals surface area contributed by atoms with Gasteiger partial charge in [-0.05, 0) is 119 Å². The third-order valence-corrected chi connectivity index (χ3v) is 17.1. The van der Waals surface area contributed by atoms with Crippen LogP contribution in [0.25, 0.3) is 98.4 Å². The van der Waals surface area contributed by atoms with Crippen LogP contribution < -0.4 is 9.80 Å². The van der Waals surface area contributed by atoms with Gasteiger partial charge in [0.1, 0.15) is 0 Å². The summed E-state index contributed by atoms with van der Waals surface area (Å²) in [5.74, 6) is 0. The lowest BCUT2D eigenvalue weighted by atomic mass is 9.85. The molecule has 0 spiro atoms. The van der Waals surface area contributed by atoms with Crippen LogP contribution in [-0.4, -0.2) is 8.80 Å². The second-order valence-electron chi connectivity index (χ2n) is 24.3. The first-order valence-corrected chi connectivity index (χ1v) is 28.3. The standard InChI is InChI=1S/C76H62N4/c1-47-23-19-29-51(43-47)77(63-37-17-15-31-53(63)49-25-11-9-12-26-49)65-41-39-55-59-45-68-60(46-67(59)79-71-57(69(65)73(55)79)33-21-35-61(71)75(3,4)5)56-40-42-66(70-58-34-22-36-62(76(6,7)8)72(58)80(68)74(56)70)78(52-30-20-24-48(2)44-52)64-38-18-16-32-54(64)50-27-13-10-14-28-50/h9-46H,1-8H3. The highest BCUT2D eigenvalue weighted by molar-refractivity contribution is 6.33. The van der Waals surface area contributed by atoms with Gasteiger partial charge in [-0.2, -0.15) is 0 Å². The molecule has 15 aromatic rings. The van der Waals surface area contributed by atoms with Gasteiger partial charge in [-0.3, -0.25) is 0 Å². The number of rotatable bonds is 8. The van der Waals surface area contributed by atoms with Gasteiger partial charge in [0, 0.05) is 65.6 Å². The topological polar surface area (TPSA) is 15.3 Å². The van der Waals surface area contributed by atoms with E-state index in [1.54, 1.807) is 0 Å². The molecular weight excluding hydrogens is 969 g/mol. The van der Waals surface area contributed by atoms with E-state index in [-0.39, 0.29) is 10.8 Å². The molecule has 0 radical (unpaired) electrons. The van der Waals surface area contributed by atoms with Crippen LogP contribution in [0.5, 0.6) is 0 Å². The first-order chi connectivity index (χ1) is 38.8. The van der Waals surface area contributed by atoms with Gasteiger partial charge in [0.15, 0.2) is 0 Å². The predicted octanol–water partition coefficient (Wildman–Crippen LogP) is 21.5. The number of aromatic nitrogens is 2. The van der Waals surface area contributed by atoms with Gasteiger partial charge in [-0.15, -0.1) is 0 Å². The van der Waals surface area contributed by atoms with E-state index in [0.29, 0.717) is 0 Å². The first kappa shape index (κ1) is 47.8. The Hall–Kier alpha value is -9.38. The average molecular weight is 1030 g/mol. The van der Waals surface area contributed by atoms with Crippen LogP contribution in [-0.2, 0) is 10.8 Å². The zero-order valence-electron chi connectivity index (χ0n) is 46.7. The molecule has 0 unspecified atom stereocenters. The van der Waals surface area contributed by atoms with Gasteiger partial charge < -0.3 is 18.6 Å². The summed E-state index contributed by atoms with van der Waals surface area (Å²) in [4.78, 5) is 5.04. The van der Waals surface area contributed by atoms with Gasteiger partial charge in [-0.1, -0.05) is 211 Å². The fourth-order valence-electron chi connectivity index (χ4n) is 13.6. The molecule has 0 fully saturated rings. The molecule has 80 heavy (non-hydrogen) atoms. The third-order valence-electron chi connectivity index (χ3n) is 17.1. The van der Waals surface area contributed by atoms with Crippen molar-refractivity contribution in [2.75, 3.05) is 9.80 Å². The molecule has 4 aromatic heterocycles. The zero-order chi connectivity index (χ0) is 54.3. The van der Waals surface area contributed by atoms with Crippen LogP contribution >= 0.6 is 0 Å². The maximum Gasteiger partial charge on any atom is 0.0641 e. The van der Waals surface area contributed by atoms with E-state index < -0.39 is 0 Å². The summed E-state index contributed by atoms with van der Waals surface area (Å²) in [6.07, 6.45) is 0. The van der Waals surface area contributed by atoms with Crippen molar-refractivity contribution in [1.29, 1.82) is 0 Å². The van der Waals surface area contributed by atoms with Crippen molar-refractivity contribution in [3.8, 4) is 22.3 Å². The lowest BCUT2D eigenvalue weighted by Crippen LogP contribution is -2.12. The van der Waals surface area contributed by atoms with Crippen LogP contribution in [0.3, 0.4) is 0 Å². The number of para-hydroxylation sites is 4. The zero-order valence-corrected chi connectivity index (χ0v) is 46.7. The normalized spacial score (nSPS) is 12.5. The summed E-state index contributed by atoms with van der Waals surface area (Å²) in [6.45, 7) is 18.6. The van der Waals surface area contributed by atoms with Crippen LogP contribution in [0.1, 0.15) is 63.8 Å². The van der Waals surface area contributed by atoms with Crippen LogP contribution in [0.2, 0.25) is 0 Å². The highest BCUT2D eigenvalue weighted by Gasteiger charge is 2.32. The molecule has 4 heteroatoms. The van der Waals surface area contributed by atoms with Crippen LogP contribution in [0, 0.1) is 13.8 Å². The Morgan fingerprint density at radius 1 is 0.300 bits per heavy atom. The number of anilines is 6. The molecule has 0 N–H and O–H groups in total. The monoisotopic (exact) mass is 1030 g/mol. The summed E-state index contributed by atoms with van der Waals surface area (Å²) < 4.78 is 5.30. The molecule has 11 aromatic carbocycles. The Morgan fingerprint density at radius 2 is 0.688 bits per heavy atom. The molecule has 386 valence electrons. The number of hydrogen-bond acceptors (Lipinski definition) is 2. The molecule has 0 aliphatic carbocycles. The maximum absolute atomic E-state index is 2.65. The molecule has 0 saturated carbocycles. The van der Waals surface area contributed by atoms with E-state index in [9.17, 15) is 0 Å². The minimum absolute atomic E-state index is 0.145. The fourth-order valence-corrected chi connectivity index (χ4v) is 13.6. The predicted molar refractivity (Wildman–Crippen MR) is 343 cm³/mol. The Balaban J connectivity index is 1.08. The lowest BCUT2D eigenvalue weighted by molar-refractivity contribution is 0.594. The molecular formula is C76H62N4. The van der Waals surface area contributed by atoms with Crippen molar-refractivity contribution in [3.05, 3.63) is 253 Å². The highest BCUT2D eigenvalue weighted by Crippen LogP contribution is 2.54. The van der Waals surface area contributed by atoms with Crippen molar-refractivity contribution in [1.82, 2.24) is 8.80 Å².